The summed E-state index contributed by atoms with van der Waals surface area (Å²) in [5.41, 5.74) is 5.20. The Morgan fingerprint density at radius 2 is 1.91 bits per heavy atom. The van der Waals surface area contributed by atoms with Gasteiger partial charge in [0, 0.05) is 25.3 Å². The van der Waals surface area contributed by atoms with Gasteiger partial charge in [-0.1, -0.05) is 26.3 Å². The zero-order valence-corrected chi connectivity index (χ0v) is 13.8. The van der Waals surface area contributed by atoms with Gasteiger partial charge in [0.05, 0.1) is 0 Å². The third-order valence-electron chi connectivity index (χ3n) is 4.34. The quantitative estimate of drug-likeness (QED) is 0.764. The molecule has 2 rings (SSSR count). The van der Waals surface area contributed by atoms with Gasteiger partial charge in [-0.05, 0) is 54.9 Å². The summed E-state index contributed by atoms with van der Waals surface area (Å²) in [6, 6.07) is 4.54. The van der Waals surface area contributed by atoms with Gasteiger partial charge >= 0.3 is 6.09 Å². The summed E-state index contributed by atoms with van der Waals surface area (Å²) in [4.78, 5) is 13.3. The summed E-state index contributed by atoms with van der Waals surface area (Å²) < 4.78 is 0. The van der Waals surface area contributed by atoms with Gasteiger partial charge in [-0.3, -0.25) is 0 Å². The van der Waals surface area contributed by atoms with E-state index in [2.05, 4.69) is 36.2 Å². The molecular formula is C18H28N2O2. The van der Waals surface area contributed by atoms with Gasteiger partial charge < -0.3 is 15.3 Å². The highest BCUT2D eigenvalue weighted by Crippen LogP contribution is 2.31. The molecule has 0 radical (unpaired) electrons. The van der Waals surface area contributed by atoms with Gasteiger partial charge in [0.1, 0.15) is 0 Å². The van der Waals surface area contributed by atoms with Crippen LogP contribution in [-0.2, 0) is 19.4 Å². The minimum absolute atomic E-state index is 0.393. The maximum absolute atomic E-state index is 10.9. The van der Waals surface area contributed by atoms with Crippen molar-refractivity contribution in [3.63, 3.8) is 0 Å². The Balaban J connectivity index is 2.29. The van der Waals surface area contributed by atoms with Crippen LogP contribution in [0.1, 0.15) is 56.2 Å². The fraction of sp³-hybridized carbons (Fsp3) is 0.611. The Morgan fingerprint density at radius 1 is 1.18 bits per heavy atom. The number of rotatable bonds is 8. The maximum Gasteiger partial charge on any atom is 0.404 e. The standard InChI is InChI=1S/C18H28N2O2/c1-3-5-10-20(9-4-2)17-12-15-8-6-7-14(15)11-16(17)13-19-18(21)22/h11-12,19H,3-10,13H2,1-2H3,(H,21,22). The Morgan fingerprint density at radius 3 is 2.55 bits per heavy atom. The third kappa shape index (κ3) is 4.15. The highest BCUT2D eigenvalue weighted by molar-refractivity contribution is 5.66. The van der Waals surface area contributed by atoms with Crippen molar-refractivity contribution in [2.45, 2.75) is 58.9 Å². The van der Waals surface area contributed by atoms with E-state index in [-0.39, 0.29) is 0 Å². The van der Waals surface area contributed by atoms with E-state index in [0.29, 0.717) is 6.54 Å². The normalized spacial score (nSPS) is 13.0. The largest absolute Gasteiger partial charge is 0.465 e. The molecule has 0 unspecified atom stereocenters. The van der Waals surface area contributed by atoms with Gasteiger partial charge in [-0.2, -0.15) is 0 Å². The summed E-state index contributed by atoms with van der Waals surface area (Å²) in [6.45, 7) is 6.87. The van der Waals surface area contributed by atoms with Crippen LogP contribution in [0.25, 0.3) is 0 Å². The van der Waals surface area contributed by atoms with E-state index >= 15 is 0 Å². The van der Waals surface area contributed by atoms with Crippen LogP contribution >= 0.6 is 0 Å². The molecule has 1 aliphatic rings. The zero-order chi connectivity index (χ0) is 15.9. The topological polar surface area (TPSA) is 52.6 Å². The minimum Gasteiger partial charge on any atom is -0.465 e. The van der Waals surface area contributed by atoms with Crippen molar-refractivity contribution in [1.29, 1.82) is 0 Å². The van der Waals surface area contributed by atoms with E-state index in [1.165, 1.54) is 36.1 Å². The second-order valence-electron chi connectivity index (χ2n) is 6.10. The minimum atomic E-state index is -0.956. The van der Waals surface area contributed by atoms with Crippen LogP contribution in [0.5, 0.6) is 0 Å². The van der Waals surface area contributed by atoms with Crippen LogP contribution in [-0.4, -0.2) is 24.3 Å². The molecule has 0 fully saturated rings. The van der Waals surface area contributed by atoms with Crippen molar-refractivity contribution >= 4 is 11.8 Å². The highest BCUT2D eigenvalue weighted by Gasteiger charge is 2.18. The van der Waals surface area contributed by atoms with E-state index in [1.54, 1.807) is 0 Å². The van der Waals surface area contributed by atoms with Crippen molar-refractivity contribution in [1.82, 2.24) is 5.32 Å². The van der Waals surface area contributed by atoms with Crippen LogP contribution in [0.4, 0.5) is 10.5 Å². The van der Waals surface area contributed by atoms with Crippen molar-refractivity contribution in [3.05, 3.63) is 28.8 Å². The molecule has 0 bridgehead atoms. The second kappa shape index (κ2) is 8.06. The van der Waals surface area contributed by atoms with Gasteiger partial charge in [-0.25, -0.2) is 4.79 Å². The fourth-order valence-corrected chi connectivity index (χ4v) is 3.24. The number of nitrogens with one attached hydrogen (secondary N) is 1. The van der Waals surface area contributed by atoms with E-state index in [9.17, 15) is 4.79 Å². The van der Waals surface area contributed by atoms with E-state index < -0.39 is 6.09 Å². The zero-order valence-electron chi connectivity index (χ0n) is 13.8. The fourth-order valence-electron chi connectivity index (χ4n) is 3.24. The number of unbranched alkanes of at least 4 members (excludes halogenated alkanes) is 1. The van der Waals surface area contributed by atoms with Crippen LogP contribution in [0.15, 0.2) is 12.1 Å². The average molecular weight is 304 g/mol. The van der Waals surface area contributed by atoms with E-state index in [1.807, 2.05) is 0 Å². The molecule has 1 aromatic rings. The number of nitrogens with zero attached hydrogens (tertiary/aromatic N) is 1. The molecule has 2 N–H and O–H groups in total. The molecule has 0 aliphatic heterocycles. The van der Waals surface area contributed by atoms with Gasteiger partial charge in [0.2, 0.25) is 0 Å². The first-order valence-corrected chi connectivity index (χ1v) is 8.52. The number of fused-ring (bicyclic) bond motifs is 1. The predicted molar refractivity (Wildman–Crippen MR) is 90.7 cm³/mol. The predicted octanol–water partition coefficient (Wildman–Crippen LogP) is 3.96. The lowest BCUT2D eigenvalue weighted by molar-refractivity contribution is 0.194. The van der Waals surface area contributed by atoms with Crippen molar-refractivity contribution in [2.24, 2.45) is 0 Å². The molecule has 0 saturated carbocycles. The molecule has 4 nitrogen and oxygen atoms in total. The lowest BCUT2D eigenvalue weighted by Gasteiger charge is -2.28. The molecule has 1 aliphatic carbocycles. The number of carboxylic acid groups (broad SMARTS) is 1. The summed E-state index contributed by atoms with van der Waals surface area (Å²) in [6.07, 6.45) is 5.99. The smallest absolute Gasteiger partial charge is 0.404 e. The first-order chi connectivity index (χ1) is 10.7. The van der Waals surface area contributed by atoms with Crippen molar-refractivity contribution in [2.75, 3.05) is 18.0 Å². The van der Waals surface area contributed by atoms with Crippen LogP contribution < -0.4 is 10.2 Å². The summed E-state index contributed by atoms with van der Waals surface area (Å²) in [7, 11) is 0. The number of aryl methyl sites for hydroxylation is 2. The lowest BCUT2D eigenvalue weighted by atomic mass is 10.0. The van der Waals surface area contributed by atoms with E-state index in [0.717, 1.165) is 37.9 Å². The third-order valence-corrected chi connectivity index (χ3v) is 4.34. The summed E-state index contributed by atoms with van der Waals surface area (Å²) in [5, 5.41) is 11.5. The Bertz CT molecular complexity index is 514. The first kappa shape index (κ1) is 16.7. The Labute approximate surface area is 133 Å². The number of hydrogen-bond acceptors (Lipinski definition) is 2. The molecule has 0 saturated heterocycles. The Hall–Kier alpha value is -1.71. The molecule has 0 heterocycles. The number of hydrogen-bond donors (Lipinski definition) is 2. The van der Waals surface area contributed by atoms with Gasteiger partial charge in [0.25, 0.3) is 0 Å². The molecular weight excluding hydrogens is 276 g/mol. The van der Waals surface area contributed by atoms with Crippen molar-refractivity contribution in [3.8, 4) is 0 Å². The SMILES string of the molecule is CCCCN(CCC)c1cc2c(cc1CNC(=O)O)CCC2. The first-order valence-electron chi connectivity index (χ1n) is 8.52. The summed E-state index contributed by atoms with van der Waals surface area (Å²) in [5.74, 6) is 0. The Kier molecular flexibility index (Phi) is 6.10. The molecule has 0 aromatic heterocycles. The highest BCUT2D eigenvalue weighted by atomic mass is 16.4. The van der Waals surface area contributed by atoms with Crippen LogP contribution in [0.3, 0.4) is 0 Å². The second-order valence-corrected chi connectivity index (χ2v) is 6.10. The molecule has 1 aromatic carbocycles. The number of anilines is 1. The average Bonchev–Trinajstić information content (AvgIpc) is 2.95. The maximum atomic E-state index is 10.9. The number of amides is 1. The molecule has 22 heavy (non-hydrogen) atoms. The van der Waals surface area contributed by atoms with Gasteiger partial charge in [0.15, 0.2) is 0 Å². The molecule has 0 atom stereocenters. The monoisotopic (exact) mass is 304 g/mol. The van der Waals surface area contributed by atoms with Crippen LogP contribution in [0.2, 0.25) is 0 Å². The number of carbonyl (C=O) groups is 1. The summed E-state index contributed by atoms with van der Waals surface area (Å²) >= 11 is 0. The molecule has 122 valence electrons. The molecule has 1 amide bonds. The van der Waals surface area contributed by atoms with Gasteiger partial charge in [-0.15, -0.1) is 0 Å². The molecule has 4 heteroatoms. The van der Waals surface area contributed by atoms with Crippen molar-refractivity contribution < 1.29 is 9.90 Å². The lowest BCUT2D eigenvalue weighted by Crippen LogP contribution is -2.28. The van der Waals surface area contributed by atoms with E-state index in [4.69, 9.17) is 5.11 Å². The van der Waals surface area contributed by atoms with Crippen LogP contribution in [0, 0.1) is 0 Å². The number of benzene rings is 1. The molecule has 0 spiro atoms.